The van der Waals surface area contributed by atoms with Crippen LogP contribution < -0.4 is 0 Å². The van der Waals surface area contributed by atoms with Gasteiger partial charge in [-0.2, -0.15) is 0 Å². The molecule has 0 N–H and O–H groups in total. The molecule has 4 nitrogen and oxygen atoms in total. The first kappa shape index (κ1) is 20.0. The molecule has 0 aromatic rings. The Kier molecular flexibility index (Phi) is 10.7. The van der Waals surface area contributed by atoms with Crippen LogP contribution in [0.2, 0.25) is 5.54 Å². The minimum absolute atomic E-state index is 0.117. The van der Waals surface area contributed by atoms with Crippen LogP contribution >= 0.6 is 12.2 Å². The third-order valence-corrected chi connectivity index (χ3v) is 6.68. The molecule has 2 unspecified atom stereocenters. The number of rotatable bonds is 11. The van der Waals surface area contributed by atoms with Crippen LogP contribution in [-0.2, 0) is 18.0 Å². The molecule has 0 aromatic carbocycles. The van der Waals surface area contributed by atoms with Crippen molar-refractivity contribution in [3.05, 3.63) is 0 Å². The second-order valence-corrected chi connectivity index (χ2v) is 8.43. The van der Waals surface area contributed by atoms with E-state index in [9.17, 15) is 0 Å². The topological polar surface area (TPSA) is 36.9 Å². The molecule has 20 heavy (non-hydrogen) atoms. The van der Waals surface area contributed by atoms with Crippen molar-refractivity contribution in [1.29, 1.82) is 0 Å². The molecule has 6 heteroatoms. The molecule has 0 spiro atoms. The Labute approximate surface area is 130 Å². The van der Waals surface area contributed by atoms with Crippen LogP contribution in [0, 0.1) is 0 Å². The summed E-state index contributed by atoms with van der Waals surface area (Å²) in [7, 11) is -2.59. The van der Waals surface area contributed by atoms with Gasteiger partial charge in [-0.1, -0.05) is 6.92 Å². The van der Waals surface area contributed by atoms with Crippen molar-refractivity contribution >= 4 is 26.1 Å². The van der Waals surface area contributed by atoms with Gasteiger partial charge in [-0.15, -0.1) is 0 Å². The van der Waals surface area contributed by atoms with Crippen molar-refractivity contribution in [2.45, 2.75) is 66.0 Å². The highest BCUT2D eigenvalue weighted by molar-refractivity contribution is 7.80. The Morgan fingerprint density at radius 3 is 1.75 bits per heavy atom. The third-order valence-electron chi connectivity index (χ3n) is 3.01. The summed E-state index contributed by atoms with van der Waals surface area (Å²) >= 11 is 4.96. The van der Waals surface area contributed by atoms with Gasteiger partial charge in [0, 0.05) is 32.3 Å². The maximum absolute atomic E-state index is 5.91. The van der Waals surface area contributed by atoms with Gasteiger partial charge in [0.25, 0.3) is 0 Å². The SMILES string of the molecule is CCO[Si](OCC)(OCC)C(C)CCC(C)OC(C)=S. The number of hydrogen-bond donors (Lipinski definition) is 0. The van der Waals surface area contributed by atoms with Crippen molar-refractivity contribution < 1.29 is 18.0 Å². The standard InChI is InChI=1S/C14H30O4SSi/c1-7-15-20(16-8-2,17-9-3)13(5)11-10-12(4)18-14(6)19/h12-13H,7-11H2,1-6H3. The molecular formula is C14H30O4SSi. The lowest BCUT2D eigenvalue weighted by Gasteiger charge is -2.33. The van der Waals surface area contributed by atoms with E-state index < -0.39 is 8.80 Å². The molecular weight excluding hydrogens is 292 g/mol. The number of hydrogen-bond acceptors (Lipinski definition) is 5. The average Bonchev–Trinajstić information content (AvgIpc) is 2.35. The van der Waals surface area contributed by atoms with Crippen molar-refractivity contribution in [1.82, 2.24) is 0 Å². The second-order valence-electron chi connectivity index (χ2n) is 4.80. The zero-order valence-electron chi connectivity index (χ0n) is 13.7. The predicted molar refractivity (Wildman–Crippen MR) is 88.1 cm³/mol. The van der Waals surface area contributed by atoms with E-state index in [-0.39, 0.29) is 11.6 Å². The molecule has 0 radical (unpaired) electrons. The molecule has 120 valence electrons. The minimum atomic E-state index is -2.59. The molecule has 0 fully saturated rings. The first-order valence-corrected chi connectivity index (χ1v) is 9.71. The molecule has 0 saturated carbocycles. The average molecular weight is 323 g/mol. The fourth-order valence-electron chi connectivity index (χ4n) is 2.16. The number of ether oxygens (including phenoxy) is 1. The second kappa shape index (κ2) is 10.7. The quantitative estimate of drug-likeness (QED) is 0.425. The number of thiocarbonyl (C=S) groups is 1. The van der Waals surface area contributed by atoms with Gasteiger partial charge in [-0.05, 0) is 52.8 Å². The summed E-state index contributed by atoms with van der Waals surface area (Å²) in [6, 6.07) is 0. The predicted octanol–water partition coefficient (Wildman–Crippen LogP) is 3.96. The van der Waals surface area contributed by atoms with Crippen LogP contribution in [-0.4, -0.2) is 39.8 Å². The van der Waals surface area contributed by atoms with Crippen LogP contribution in [0.3, 0.4) is 0 Å². The summed E-state index contributed by atoms with van der Waals surface area (Å²) in [6.07, 6.45) is 1.97. The van der Waals surface area contributed by atoms with Gasteiger partial charge in [0.05, 0.1) is 6.10 Å². The monoisotopic (exact) mass is 322 g/mol. The summed E-state index contributed by atoms with van der Waals surface area (Å²) in [5, 5.41) is 0.591. The van der Waals surface area contributed by atoms with Gasteiger partial charge < -0.3 is 18.0 Å². The van der Waals surface area contributed by atoms with E-state index in [1.54, 1.807) is 6.92 Å². The van der Waals surface area contributed by atoms with E-state index in [2.05, 4.69) is 6.92 Å². The molecule has 0 aliphatic carbocycles. The first-order valence-electron chi connectivity index (χ1n) is 7.50. The van der Waals surface area contributed by atoms with Crippen molar-refractivity contribution in [2.24, 2.45) is 0 Å². The molecule has 0 aliphatic rings. The van der Waals surface area contributed by atoms with Gasteiger partial charge in [0.15, 0.2) is 5.05 Å². The van der Waals surface area contributed by atoms with Crippen LogP contribution in [0.5, 0.6) is 0 Å². The molecule has 0 rings (SSSR count). The van der Waals surface area contributed by atoms with Crippen molar-refractivity contribution in [3.8, 4) is 0 Å². The summed E-state index contributed by atoms with van der Waals surface area (Å²) in [5.74, 6) is 0. The van der Waals surface area contributed by atoms with E-state index in [0.29, 0.717) is 24.9 Å². The highest BCUT2D eigenvalue weighted by Gasteiger charge is 2.46. The molecule has 2 atom stereocenters. The first-order chi connectivity index (χ1) is 9.41. The third kappa shape index (κ3) is 7.13. The Morgan fingerprint density at radius 2 is 1.40 bits per heavy atom. The van der Waals surface area contributed by atoms with E-state index in [1.165, 1.54) is 0 Å². The lowest BCUT2D eigenvalue weighted by Crippen LogP contribution is -2.49. The minimum Gasteiger partial charge on any atom is -0.485 e. The zero-order chi connectivity index (χ0) is 15.6. The van der Waals surface area contributed by atoms with Crippen LogP contribution in [0.15, 0.2) is 0 Å². The summed E-state index contributed by atoms with van der Waals surface area (Å²) in [6.45, 7) is 13.8. The molecule has 0 saturated heterocycles. The largest absolute Gasteiger partial charge is 0.503 e. The van der Waals surface area contributed by atoms with Gasteiger partial charge in [-0.3, -0.25) is 0 Å². The highest BCUT2D eigenvalue weighted by atomic mass is 32.1. The van der Waals surface area contributed by atoms with Crippen molar-refractivity contribution in [2.75, 3.05) is 19.8 Å². The Balaban J connectivity index is 4.59. The molecule has 0 heterocycles. The zero-order valence-corrected chi connectivity index (χ0v) is 15.5. The van der Waals surface area contributed by atoms with Crippen LogP contribution in [0.1, 0.15) is 54.4 Å². The summed E-state index contributed by atoms with van der Waals surface area (Å²) < 4.78 is 23.3. The smallest absolute Gasteiger partial charge is 0.485 e. The Bertz CT molecular complexity index is 259. The van der Waals surface area contributed by atoms with Crippen LogP contribution in [0.4, 0.5) is 0 Å². The lowest BCUT2D eigenvalue weighted by atomic mass is 10.2. The maximum Gasteiger partial charge on any atom is 0.503 e. The lowest BCUT2D eigenvalue weighted by molar-refractivity contribution is 0.0599. The normalized spacial score (nSPS) is 14.9. The molecule has 0 aromatic heterocycles. The Hall–Kier alpha value is -0.0131. The van der Waals surface area contributed by atoms with E-state index in [1.807, 2.05) is 27.7 Å². The summed E-state index contributed by atoms with van der Waals surface area (Å²) in [4.78, 5) is 0. The van der Waals surface area contributed by atoms with Gasteiger partial charge in [-0.25, -0.2) is 0 Å². The molecule has 0 aliphatic heterocycles. The van der Waals surface area contributed by atoms with Crippen LogP contribution in [0.25, 0.3) is 0 Å². The van der Waals surface area contributed by atoms with E-state index in [4.69, 9.17) is 30.2 Å². The summed E-state index contributed by atoms with van der Waals surface area (Å²) in [5.41, 5.74) is 0.249. The fourth-order valence-corrected chi connectivity index (χ4v) is 5.15. The molecule has 0 amide bonds. The van der Waals surface area contributed by atoms with Gasteiger partial charge >= 0.3 is 8.80 Å². The van der Waals surface area contributed by atoms with E-state index in [0.717, 1.165) is 12.8 Å². The van der Waals surface area contributed by atoms with Gasteiger partial charge in [0.1, 0.15) is 0 Å². The maximum atomic E-state index is 5.91. The van der Waals surface area contributed by atoms with E-state index >= 15 is 0 Å². The van der Waals surface area contributed by atoms with Crippen molar-refractivity contribution in [3.63, 3.8) is 0 Å². The van der Waals surface area contributed by atoms with Gasteiger partial charge in [0.2, 0.25) is 0 Å². The Morgan fingerprint density at radius 1 is 0.950 bits per heavy atom. The molecule has 0 bridgehead atoms. The highest BCUT2D eigenvalue weighted by Crippen LogP contribution is 2.30. The fraction of sp³-hybridized carbons (Fsp3) is 0.929.